The van der Waals surface area contributed by atoms with E-state index < -0.39 is 39.9 Å². The van der Waals surface area contributed by atoms with Gasteiger partial charge in [-0.2, -0.15) is 17.5 Å². The monoisotopic (exact) mass is 426 g/mol. The first-order valence-corrected chi connectivity index (χ1v) is 10.6. The molecule has 0 saturated heterocycles. The maximum Gasteiger partial charge on any atom is 0.418 e. The van der Waals surface area contributed by atoms with Crippen molar-refractivity contribution in [1.82, 2.24) is 4.31 Å². The molecule has 0 unspecified atom stereocenters. The SMILES string of the molecule is CN(CC(=O)Nc1ccccc1C(F)(F)F)S(=O)(=O)c1ccc2c(c1)CCCC2. The van der Waals surface area contributed by atoms with E-state index >= 15 is 0 Å². The number of anilines is 1. The second-order valence-electron chi connectivity index (χ2n) is 6.99. The highest BCUT2D eigenvalue weighted by Gasteiger charge is 2.34. The molecule has 0 aliphatic heterocycles. The molecule has 2 aromatic carbocycles. The van der Waals surface area contributed by atoms with Gasteiger partial charge in [-0.15, -0.1) is 0 Å². The minimum absolute atomic E-state index is 0.0733. The number of alkyl halides is 3. The normalized spacial score (nSPS) is 14.5. The van der Waals surface area contributed by atoms with E-state index in [9.17, 15) is 26.4 Å². The van der Waals surface area contributed by atoms with Gasteiger partial charge in [0.25, 0.3) is 0 Å². The van der Waals surface area contributed by atoms with E-state index in [1.54, 1.807) is 12.1 Å². The number of nitrogens with one attached hydrogen (secondary N) is 1. The van der Waals surface area contributed by atoms with Gasteiger partial charge < -0.3 is 5.32 Å². The largest absolute Gasteiger partial charge is 0.418 e. The quantitative estimate of drug-likeness (QED) is 0.790. The highest BCUT2D eigenvalue weighted by molar-refractivity contribution is 7.89. The number of aryl methyl sites for hydroxylation is 2. The summed E-state index contributed by atoms with van der Waals surface area (Å²) in [6.45, 7) is -0.606. The number of para-hydroxylation sites is 1. The Balaban J connectivity index is 1.74. The van der Waals surface area contributed by atoms with Crippen LogP contribution in [0.2, 0.25) is 0 Å². The van der Waals surface area contributed by atoms with Crippen molar-refractivity contribution < 1.29 is 26.4 Å². The van der Waals surface area contributed by atoms with E-state index in [1.807, 2.05) is 0 Å². The number of hydrogen-bond acceptors (Lipinski definition) is 3. The first-order valence-electron chi connectivity index (χ1n) is 9.13. The molecule has 1 aliphatic carbocycles. The zero-order valence-electron chi connectivity index (χ0n) is 15.8. The Kier molecular flexibility index (Phi) is 6.00. The van der Waals surface area contributed by atoms with Crippen molar-refractivity contribution in [3.05, 3.63) is 59.2 Å². The lowest BCUT2D eigenvalue weighted by atomic mass is 9.92. The third-order valence-electron chi connectivity index (χ3n) is 4.90. The molecule has 1 N–H and O–H groups in total. The summed E-state index contributed by atoms with van der Waals surface area (Å²) in [5.41, 5.74) is 0.701. The van der Waals surface area contributed by atoms with Crippen LogP contribution in [-0.2, 0) is 33.8 Å². The summed E-state index contributed by atoms with van der Waals surface area (Å²) in [7, 11) is -2.72. The molecule has 0 fully saturated rings. The number of hydrogen-bond donors (Lipinski definition) is 1. The highest BCUT2D eigenvalue weighted by Crippen LogP contribution is 2.34. The van der Waals surface area contributed by atoms with Crippen LogP contribution in [0.4, 0.5) is 18.9 Å². The number of likely N-dealkylation sites (N-methyl/N-ethyl adjacent to an activating group) is 1. The maximum absolute atomic E-state index is 13.1. The smallest absolute Gasteiger partial charge is 0.324 e. The molecular formula is C20H21F3N2O3S. The van der Waals surface area contributed by atoms with Crippen molar-refractivity contribution in [3.63, 3.8) is 0 Å². The molecule has 0 heterocycles. The summed E-state index contributed by atoms with van der Waals surface area (Å²) < 4.78 is 65.6. The fourth-order valence-corrected chi connectivity index (χ4v) is 4.54. The van der Waals surface area contributed by atoms with Gasteiger partial charge in [0.1, 0.15) is 0 Å². The molecule has 2 aromatic rings. The lowest BCUT2D eigenvalue weighted by Gasteiger charge is -2.20. The number of benzene rings is 2. The lowest BCUT2D eigenvalue weighted by molar-refractivity contribution is -0.137. The van der Waals surface area contributed by atoms with Crippen molar-refractivity contribution in [1.29, 1.82) is 0 Å². The third-order valence-corrected chi connectivity index (χ3v) is 6.70. The van der Waals surface area contributed by atoms with Gasteiger partial charge in [0, 0.05) is 7.05 Å². The van der Waals surface area contributed by atoms with Gasteiger partial charge in [-0.25, -0.2) is 8.42 Å². The molecule has 0 bridgehead atoms. The van der Waals surface area contributed by atoms with E-state index in [4.69, 9.17) is 0 Å². The zero-order chi connectivity index (χ0) is 21.2. The van der Waals surface area contributed by atoms with E-state index in [0.717, 1.165) is 53.2 Å². The Morgan fingerprint density at radius 1 is 1.07 bits per heavy atom. The predicted molar refractivity (Wildman–Crippen MR) is 103 cm³/mol. The van der Waals surface area contributed by atoms with Crippen molar-refractivity contribution in [2.75, 3.05) is 18.9 Å². The van der Waals surface area contributed by atoms with E-state index in [1.165, 1.54) is 25.2 Å². The molecule has 9 heteroatoms. The van der Waals surface area contributed by atoms with Crippen LogP contribution >= 0.6 is 0 Å². The van der Waals surface area contributed by atoms with Gasteiger partial charge in [-0.3, -0.25) is 4.79 Å². The minimum Gasteiger partial charge on any atom is -0.324 e. The van der Waals surface area contributed by atoms with Crippen LogP contribution in [0.5, 0.6) is 0 Å². The molecule has 1 amide bonds. The third kappa shape index (κ3) is 4.79. The number of nitrogens with zero attached hydrogens (tertiary/aromatic N) is 1. The van der Waals surface area contributed by atoms with Crippen LogP contribution in [0.25, 0.3) is 0 Å². The van der Waals surface area contributed by atoms with Crippen molar-refractivity contribution >= 4 is 21.6 Å². The van der Waals surface area contributed by atoms with E-state index in [2.05, 4.69) is 5.32 Å². The number of carbonyl (C=O) groups is 1. The fraction of sp³-hybridized carbons (Fsp3) is 0.350. The number of rotatable bonds is 5. The Bertz CT molecular complexity index is 1020. The average Bonchev–Trinajstić information content (AvgIpc) is 2.67. The lowest BCUT2D eigenvalue weighted by Crippen LogP contribution is -2.35. The number of fused-ring (bicyclic) bond motifs is 1. The summed E-state index contributed by atoms with van der Waals surface area (Å²) >= 11 is 0. The minimum atomic E-state index is -4.63. The van der Waals surface area contributed by atoms with Crippen molar-refractivity contribution in [2.45, 2.75) is 36.8 Å². The molecule has 1 aliphatic rings. The Labute approximate surface area is 167 Å². The molecule has 156 valence electrons. The summed E-state index contributed by atoms with van der Waals surface area (Å²) in [6, 6.07) is 9.46. The average molecular weight is 426 g/mol. The Morgan fingerprint density at radius 3 is 2.41 bits per heavy atom. The second kappa shape index (κ2) is 8.16. The van der Waals surface area contributed by atoms with Crippen LogP contribution in [0.1, 0.15) is 29.5 Å². The van der Waals surface area contributed by atoms with Crippen LogP contribution in [0.15, 0.2) is 47.4 Å². The Hall–Kier alpha value is -2.39. The summed E-state index contributed by atoms with van der Waals surface area (Å²) in [5, 5.41) is 2.16. The summed E-state index contributed by atoms with van der Waals surface area (Å²) in [6.07, 6.45) is -0.861. The summed E-state index contributed by atoms with van der Waals surface area (Å²) in [5.74, 6) is -0.856. The van der Waals surface area contributed by atoms with Crippen molar-refractivity contribution in [2.24, 2.45) is 0 Å². The molecular weight excluding hydrogens is 405 g/mol. The van der Waals surface area contributed by atoms with Crippen LogP contribution in [0, 0.1) is 0 Å². The zero-order valence-corrected chi connectivity index (χ0v) is 16.6. The Morgan fingerprint density at radius 2 is 1.72 bits per heavy atom. The topological polar surface area (TPSA) is 66.5 Å². The van der Waals surface area contributed by atoms with Crippen LogP contribution in [0.3, 0.4) is 0 Å². The number of amides is 1. The molecule has 0 aromatic heterocycles. The predicted octanol–water partition coefficient (Wildman–Crippen LogP) is 3.84. The van der Waals surface area contributed by atoms with Crippen LogP contribution < -0.4 is 5.32 Å². The maximum atomic E-state index is 13.1. The molecule has 0 spiro atoms. The first kappa shape index (κ1) is 21.3. The molecule has 29 heavy (non-hydrogen) atoms. The van der Waals surface area contributed by atoms with Gasteiger partial charge in [0.2, 0.25) is 15.9 Å². The number of sulfonamides is 1. The molecule has 3 rings (SSSR count). The van der Waals surface area contributed by atoms with E-state index in [-0.39, 0.29) is 4.90 Å². The molecule has 0 saturated carbocycles. The van der Waals surface area contributed by atoms with Gasteiger partial charge in [0.05, 0.1) is 22.7 Å². The summed E-state index contributed by atoms with van der Waals surface area (Å²) in [4.78, 5) is 12.3. The molecule has 5 nitrogen and oxygen atoms in total. The fourth-order valence-electron chi connectivity index (χ4n) is 3.37. The van der Waals surface area contributed by atoms with Gasteiger partial charge in [-0.1, -0.05) is 18.2 Å². The second-order valence-corrected chi connectivity index (χ2v) is 9.04. The highest BCUT2D eigenvalue weighted by atomic mass is 32.2. The van der Waals surface area contributed by atoms with Crippen molar-refractivity contribution in [3.8, 4) is 0 Å². The van der Waals surface area contributed by atoms with Gasteiger partial charge in [-0.05, 0) is 61.1 Å². The van der Waals surface area contributed by atoms with Crippen LogP contribution in [-0.4, -0.2) is 32.2 Å². The first-order chi connectivity index (χ1) is 13.6. The number of halogens is 3. The van der Waals surface area contributed by atoms with Gasteiger partial charge >= 0.3 is 6.18 Å². The molecule has 0 atom stereocenters. The standard InChI is InChI=1S/C20H21F3N2O3S/c1-25(13-19(26)24-18-9-5-4-8-17(18)20(21,22)23)29(27,28)16-11-10-14-6-2-3-7-15(14)12-16/h4-5,8-12H,2-3,6-7,13H2,1H3,(H,24,26). The van der Waals surface area contributed by atoms with E-state index in [0.29, 0.717) is 0 Å². The van der Waals surface area contributed by atoms with Gasteiger partial charge in [0.15, 0.2) is 0 Å². The molecule has 0 radical (unpaired) electrons. The number of carbonyl (C=O) groups excluding carboxylic acids is 1.